The van der Waals surface area contributed by atoms with Crippen LogP contribution in [0.2, 0.25) is 0 Å². The fourth-order valence-electron chi connectivity index (χ4n) is 2.66. The molecule has 0 unspecified atom stereocenters. The Kier molecular flexibility index (Phi) is 2.69. The lowest BCUT2D eigenvalue weighted by molar-refractivity contribution is -0.110. The first-order valence-corrected chi connectivity index (χ1v) is 6.99. The molecule has 4 nitrogen and oxygen atoms in total. The van der Waals surface area contributed by atoms with Gasteiger partial charge in [0, 0.05) is 22.3 Å². The number of amides is 1. The number of fused-ring (bicyclic) bond motifs is 2. The lowest BCUT2D eigenvalue weighted by atomic mass is 10.0. The molecule has 0 radical (unpaired) electrons. The summed E-state index contributed by atoms with van der Waals surface area (Å²) in [5, 5.41) is 3.92. The molecular weight excluding hydrogens is 274 g/mol. The molecule has 0 aliphatic carbocycles. The van der Waals surface area contributed by atoms with E-state index in [0.717, 1.165) is 27.8 Å². The minimum atomic E-state index is -0.129. The Morgan fingerprint density at radius 1 is 1.05 bits per heavy atom. The molecular formula is C18H13N3O. The van der Waals surface area contributed by atoms with Crippen molar-refractivity contribution in [2.45, 2.75) is 0 Å². The van der Waals surface area contributed by atoms with Crippen molar-refractivity contribution in [3.05, 3.63) is 65.9 Å². The predicted molar refractivity (Wildman–Crippen MR) is 89.1 cm³/mol. The third kappa shape index (κ3) is 2.02. The summed E-state index contributed by atoms with van der Waals surface area (Å²) >= 11 is 0. The number of pyridine rings is 1. The monoisotopic (exact) mass is 287 g/mol. The SMILES string of the molecule is Nc1ccc2c(c1)C(=Cc1ccc3ccccc3n1)C(=O)N2. The number of aromatic nitrogens is 1. The summed E-state index contributed by atoms with van der Waals surface area (Å²) in [7, 11) is 0. The lowest BCUT2D eigenvalue weighted by Crippen LogP contribution is -2.03. The van der Waals surface area contributed by atoms with Gasteiger partial charge in [0.05, 0.1) is 16.8 Å². The Morgan fingerprint density at radius 2 is 1.91 bits per heavy atom. The smallest absolute Gasteiger partial charge is 0.256 e. The van der Waals surface area contributed by atoms with Gasteiger partial charge in [-0.1, -0.05) is 24.3 Å². The lowest BCUT2D eigenvalue weighted by Gasteiger charge is -2.01. The minimum absolute atomic E-state index is 0.129. The molecule has 22 heavy (non-hydrogen) atoms. The molecule has 1 aliphatic rings. The highest BCUT2D eigenvalue weighted by Crippen LogP contribution is 2.34. The van der Waals surface area contributed by atoms with Crippen molar-refractivity contribution in [1.29, 1.82) is 0 Å². The first-order valence-electron chi connectivity index (χ1n) is 6.99. The average molecular weight is 287 g/mol. The maximum absolute atomic E-state index is 12.2. The second-order valence-corrected chi connectivity index (χ2v) is 5.25. The van der Waals surface area contributed by atoms with Crippen LogP contribution in [0.3, 0.4) is 0 Å². The molecule has 0 saturated carbocycles. The highest BCUT2D eigenvalue weighted by atomic mass is 16.2. The van der Waals surface area contributed by atoms with Crippen molar-refractivity contribution < 1.29 is 4.79 Å². The second-order valence-electron chi connectivity index (χ2n) is 5.25. The van der Waals surface area contributed by atoms with E-state index in [1.54, 1.807) is 18.2 Å². The number of hydrogen-bond donors (Lipinski definition) is 2. The van der Waals surface area contributed by atoms with Crippen LogP contribution in [0, 0.1) is 0 Å². The molecule has 1 aliphatic heterocycles. The van der Waals surface area contributed by atoms with Crippen molar-refractivity contribution >= 4 is 39.8 Å². The molecule has 0 atom stereocenters. The first kappa shape index (κ1) is 12.6. The number of anilines is 2. The topological polar surface area (TPSA) is 68.0 Å². The van der Waals surface area contributed by atoms with Crippen LogP contribution in [-0.4, -0.2) is 10.9 Å². The van der Waals surface area contributed by atoms with Gasteiger partial charge in [-0.2, -0.15) is 0 Å². The average Bonchev–Trinajstić information content (AvgIpc) is 2.83. The number of hydrogen-bond acceptors (Lipinski definition) is 3. The van der Waals surface area contributed by atoms with E-state index in [1.807, 2.05) is 42.5 Å². The van der Waals surface area contributed by atoms with Gasteiger partial charge in [-0.05, 0) is 36.4 Å². The fraction of sp³-hybridized carbons (Fsp3) is 0. The summed E-state index contributed by atoms with van der Waals surface area (Å²) in [4.78, 5) is 16.7. The number of carbonyl (C=O) groups excluding carboxylic acids is 1. The van der Waals surface area contributed by atoms with E-state index in [4.69, 9.17) is 5.73 Å². The summed E-state index contributed by atoms with van der Waals surface area (Å²) in [6.07, 6.45) is 1.80. The number of nitrogens with two attached hydrogens (primary N) is 1. The van der Waals surface area contributed by atoms with Gasteiger partial charge in [0.25, 0.3) is 5.91 Å². The van der Waals surface area contributed by atoms with Crippen LogP contribution < -0.4 is 11.1 Å². The van der Waals surface area contributed by atoms with E-state index in [-0.39, 0.29) is 5.91 Å². The van der Waals surface area contributed by atoms with E-state index >= 15 is 0 Å². The van der Waals surface area contributed by atoms with Crippen LogP contribution in [0.4, 0.5) is 11.4 Å². The standard InChI is InChI=1S/C18H13N3O/c19-12-6-8-17-14(9-12)15(18(22)21-17)10-13-7-5-11-3-1-2-4-16(11)20-13/h1-10H,19H2,(H,21,22). The second kappa shape index (κ2) is 4.70. The summed E-state index contributed by atoms with van der Waals surface area (Å²) in [5.41, 5.74) is 10.3. The molecule has 106 valence electrons. The molecule has 3 aromatic rings. The molecule has 4 heteroatoms. The zero-order chi connectivity index (χ0) is 15.1. The maximum atomic E-state index is 12.2. The van der Waals surface area contributed by atoms with E-state index in [9.17, 15) is 4.79 Å². The third-order valence-corrected chi connectivity index (χ3v) is 3.74. The third-order valence-electron chi connectivity index (χ3n) is 3.74. The van der Waals surface area contributed by atoms with Crippen LogP contribution in [0.15, 0.2) is 54.6 Å². The normalized spacial score (nSPS) is 15.1. The fourth-order valence-corrected chi connectivity index (χ4v) is 2.66. The van der Waals surface area contributed by atoms with Crippen molar-refractivity contribution in [3.8, 4) is 0 Å². The van der Waals surface area contributed by atoms with Crippen LogP contribution >= 0.6 is 0 Å². The van der Waals surface area contributed by atoms with Crippen LogP contribution in [0.1, 0.15) is 11.3 Å². The van der Waals surface area contributed by atoms with E-state index < -0.39 is 0 Å². The van der Waals surface area contributed by atoms with Gasteiger partial charge in [-0.25, -0.2) is 4.98 Å². The van der Waals surface area contributed by atoms with E-state index in [0.29, 0.717) is 11.3 Å². The Hall–Kier alpha value is -3.14. The Morgan fingerprint density at radius 3 is 2.82 bits per heavy atom. The maximum Gasteiger partial charge on any atom is 0.256 e. The molecule has 0 fully saturated rings. The molecule has 1 amide bonds. The molecule has 2 heterocycles. The van der Waals surface area contributed by atoms with E-state index in [2.05, 4.69) is 10.3 Å². The van der Waals surface area contributed by atoms with Gasteiger partial charge in [0.2, 0.25) is 0 Å². The van der Waals surface area contributed by atoms with Gasteiger partial charge in [-0.15, -0.1) is 0 Å². The summed E-state index contributed by atoms with van der Waals surface area (Å²) < 4.78 is 0. The molecule has 1 aromatic heterocycles. The zero-order valence-electron chi connectivity index (χ0n) is 11.7. The highest BCUT2D eigenvalue weighted by Gasteiger charge is 2.24. The van der Waals surface area contributed by atoms with Gasteiger partial charge < -0.3 is 11.1 Å². The number of nitrogen functional groups attached to an aromatic ring is 1. The number of carbonyl (C=O) groups is 1. The van der Waals surface area contributed by atoms with Crippen LogP contribution in [0.25, 0.3) is 22.6 Å². The van der Waals surface area contributed by atoms with Crippen molar-refractivity contribution in [2.75, 3.05) is 11.1 Å². The minimum Gasteiger partial charge on any atom is -0.399 e. The van der Waals surface area contributed by atoms with Crippen LogP contribution in [0.5, 0.6) is 0 Å². The molecule has 4 rings (SSSR count). The Bertz CT molecular complexity index is 944. The van der Waals surface area contributed by atoms with Crippen LogP contribution in [-0.2, 0) is 4.79 Å². The summed E-state index contributed by atoms with van der Waals surface area (Å²) in [5.74, 6) is -0.129. The first-order chi connectivity index (χ1) is 10.7. The summed E-state index contributed by atoms with van der Waals surface area (Å²) in [6.45, 7) is 0. The molecule has 0 saturated heterocycles. The highest BCUT2D eigenvalue weighted by molar-refractivity contribution is 6.35. The van der Waals surface area contributed by atoms with Gasteiger partial charge in [0.15, 0.2) is 0 Å². The number of rotatable bonds is 1. The quantitative estimate of drug-likeness (QED) is 0.533. The molecule has 3 N–H and O–H groups in total. The van der Waals surface area contributed by atoms with Crippen molar-refractivity contribution in [1.82, 2.24) is 4.98 Å². The Labute approximate surface area is 127 Å². The molecule has 2 aromatic carbocycles. The zero-order valence-corrected chi connectivity index (χ0v) is 11.7. The van der Waals surface area contributed by atoms with Gasteiger partial charge >= 0.3 is 0 Å². The largest absolute Gasteiger partial charge is 0.399 e. The number of para-hydroxylation sites is 1. The van der Waals surface area contributed by atoms with Gasteiger partial charge in [0.1, 0.15) is 0 Å². The molecule has 0 spiro atoms. The number of benzene rings is 2. The summed E-state index contributed by atoms with van der Waals surface area (Å²) in [6, 6.07) is 17.2. The van der Waals surface area contributed by atoms with Gasteiger partial charge in [-0.3, -0.25) is 4.79 Å². The van der Waals surface area contributed by atoms with Crippen molar-refractivity contribution in [3.63, 3.8) is 0 Å². The Balaban J connectivity index is 1.85. The van der Waals surface area contributed by atoms with E-state index in [1.165, 1.54) is 0 Å². The van der Waals surface area contributed by atoms with Crippen molar-refractivity contribution in [2.24, 2.45) is 0 Å². The number of nitrogens with one attached hydrogen (secondary N) is 1. The number of nitrogens with zero attached hydrogens (tertiary/aromatic N) is 1. The predicted octanol–water partition coefficient (Wildman–Crippen LogP) is 3.31. The molecule has 0 bridgehead atoms.